The number of nitrogen functional groups attached to an aromatic ring is 2. The summed E-state index contributed by atoms with van der Waals surface area (Å²) in [5, 5.41) is 2.53. The lowest BCUT2D eigenvalue weighted by Gasteiger charge is -2.31. The van der Waals surface area contributed by atoms with Crippen molar-refractivity contribution in [1.82, 2.24) is 9.88 Å². The number of rotatable bonds is 4. The topological polar surface area (TPSA) is 144 Å². The van der Waals surface area contributed by atoms with Gasteiger partial charge in [0.05, 0.1) is 10.9 Å². The van der Waals surface area contributed by atoms with Crippen LogP contribution in [-0.4, -0.2) is 36.7 Å². The van der Waals surface area contributed by atoms with Crippen LogP contribution in [-0.2, 0) is 0 Å². The van der Waals surface area contributed by atoms with Crippen LogP contribution in [0, 0.1) is 17.5 Å². The van der Waals surface area contributed by atoms with Crippen LogP contribution in [0.15, 0.2) is 29.1 Å². The SMILES string of the molecule is NNc1c(F)c(N2CCNCC2)c(F)c2c1c(=O)c(C(N)=O)c(N)n2-c1ccc(F)cc1. The monoisotopic (exact) mass is 447 g/mol. The van der Waals surface area contributed by atoms with E-state index in [0.717, 1.165) is 16.7 Å². The molecular formula is C20H20F3N7O2. The molecule has 0 atom stereocenters. The molecule has 1 aliphatic rings. The number of hydrogen-bond acceptors (Lipinski definition) is 7. The van der Waals surface area contributed by atoms with Crippen molar-refractivity contribution < 1.29 is 18.0 Å². The van der Waals surface area contributed by atoms with Gasteiger partial charge in [-0.3, -0.25) is 20.0 Å². The predicted octanol–water partition coefficient (Wildman–Crippen LogP) is 0.784. The van der Waals surface area contributed by atoms with Gasteiger partial charge in [-0.25, -0.2) is 13.2 Å². The number of amides is 1. The van der Waals surface area contributed by atoms with Gasteiger partial charge >= 0.3 is 0 Å². The number of hydrazine groups is 1. The van der Waals surface area contributed by atoms with Crippen LogP contribution in [0.25, 0.3) is 16.6 Å². The summed E-state index contributed by atoms with van der Waals surface area (Å²) in [7, 11) is 0. The molecule has 32 heavy (non-hydrogen) atoms. The number of carbonyl (C=O) groups is 1. The third-order valence-corrected chi connectivity index (χ3v) is 5.41. The molecule has 12 heteroatoms. The lowest BCUT2D eigenvalue weighted by molar-refractivity contribution is 0.1000. The number of fused-ring (bicyclic) bond motifs is 1. The van der Waals surface area contributed by atoms with E-state index in [4.69, 9.17) is 17.3 Å². The second kappa shape index (κ2) is 8.05. The van der Waals surface area contributed by atoms with Crippen molar-refractivity contribution in [3.8, 4) is 5.69 Å². The largest absolute Gasteiger partial charge is 0.384 e. The molecule has 168 valence electrons. The van der Waals surface area contributed by atoms with Gasteiger partial charge in [-0.1, -0.05) is 0 Å². The molecule has 1 saturated heterocycles. The van der Waals surface area contributed by atoms with Crippen LogP contribution in [0.5, 0.6) is 0 Å². The Morgan fingerprint density at radius 3 is 2.25 bits per heavy atom. The summed E-state index contributed by atoms with van der Waals surface area (Å²) in [5.41, 5.74) is 10.6. The molecule has 1 aromatic heterocycles. The number of carbonyl (C=O) groups excluding carboxylic acids is 1. The molecule has 8 N–H and O–H groups in total. The minimum absolute atomic E-state index is 0.121. The quantitative estimate of drug-likeness (QED) is 0.294. The second-order valence-electron chi connectivity index (χ2n) is 7.22. The number of nitrogens with zero attached hydrogens (tertiary/aromatic N) is 2. The highest BCUT2D eigenvalue weighted by Gasteiger charge is 2.31. The Kier molecular flexibility index (Phi) is 5.40. The highest BCUT2D eigenvalue weighted by Crippen LogP contribution is 2.38. The van der Waals surface area contributed by atoms with Crippen molar-refractivity contribution in [3.63, 3.8) is 0 Å². The van der Waals surface area contributed by atoms with E-state index in [-0.39, 0.29) is 5.69 Å². The van der Waals surface area contributed by atoms with Gasteiger partial charge in [-0.2, -0.15) is 0 Å². The molecule has 9 nitrogen and oxygen atoms in total. The number of halogens is 3. The Bertz CT molecular complexity index is 1290. The van der Waals surface area contributed by atoms with Crippen LogP contribution in [0.3, 0.4) is 0 Å². The zero-order valence-corrected chi connectivity index (χ0v) is 16.7. The number of anilines is 3. The van der Waals surface area contributed by atoms with Gasteiger partial charge in [0.2, 0.25) is 5.43 Å². The molecule has 0 bridgehead atoms. The fourth-order valence-corrected chi connectivity index (χ4v) is 3.97. The van der Waals surface area contributed by atoms with Crippen LogP contribution >= 0.6 is 0 Å². The maximum Gasteiger partial charge on any atom is 0.256 e. The normalized spacial score (nSPS) is 14.1. The summed E-state index contributed by atoms with van der Waals surface area (Å²) in [4.78, 5) is 26.6. The summed E-state index contributed by atoms with van der Waals surface area (Å²) in [6, 6.07) is 4.71. The molecule has 4 rings (SSSR count). The number of nitrogens with two attached hydrogens (primary N) is 3. The first-order chi connectivity index (χ1) is 15.3. The Balaban J connectivity index is 2.23. The molecule has 2 heterocycles. The lowest BCUT2D eigenvalue weighted by Crippen LogP contribution is -2.44. The second-order valence-corrected chi connectivity index (χ2v) is 7.22. The van der Waals surface area contributed by atoms with Crippen molar-refractivity contribution in [3.05, 3.63) is 57.5 Å². The summed E-state index contributed by atoms with van der Waals surface area (Å²) < 4.78 is 46.0. The first-order valence-electron chi connectivity index (χ1n) is 9.65. The summed E-state index contributed by atoms with van der Waals surface area (Å²) in [5.74, 6) is 1.10. The molecule has 2 aromatic carbocycles. The molecule has 0 radical (unpaired) electrons. The molecule has 3 aromatic rings. The van der Waals surface area contributed by atoms with Crippen LogP contribution < -0.4 is 38.4 Å². The number of hydrogen-bond donors (Lipinski definition) is 5. The van der Waals surface area contributed by atoms with Gasteiger partial charge in [0.15, 0.2) is 11.6 Å². The number of piperazine rings is 1. The fraction of sp³-hybridized carbons (Fsp3) is 0.200. The van der Waals surface area contributed by atoms with Gasteiger partial charge in [0, 0.05) is 31.9 Å². The van der Waals surface area contributed by atoms with E-state index in [1.165, 1.54) is 17.0 Å². The molecule has 1 aliphatic heterocycles. The molecule has 1 fully saturated rings. The van der Waals surface area contributed by atoms with Crippen molar-refractivity contribution in [2.75, 3.05) is 42.2 Å². The Morgan fingerprint density at radius 2 is 1.69 bits per heavy atom. The van der Waals surface area contributed by atoms with E-state index >= 15 is 8.78 Å². The standard InChI is InChI=1S/C20H20F3N7O2/c21-9-1-3-10(4-2-9)30-16-11(18(31)12(19(30)24)20(25)32)15(28-26)13(22)17(14(16)23)29-7-5-27-6-8-29/h1-4,27-28H,5-8,24,26H2,(H2,25,32). The van der Waals surface area contributed by atoms with E-state index < -0.39 is 62.4 Å². The summed E-state index contributed by atoms with van der Waals surface area (Å²) in [6.07, 6.45) is 0. The van der Waals surface area contributed by atoms with Crippen molar-refractivity contribution >= 4 is 34.0 Å². The van der Waals surface area contributed by atoms with Gasteiger partial charge < -0.3 is 27.1 Å². The number of aromatic nitrogens is 1. The van der Waals surface area contributed by atoms with Crippen LogP contribution in [0.4, 0.5) is 30.4 Å². The zero-order valence-electron chi connectivity index (χ0n) is 16.7. The lowest BCUT2D eigenvalue weighted by atomic mass is 10.0. The average Bonchev–Trinajstić information content (AvgIpc) is 2.76. The fourth-order valence-electron chi connectivity index (χ4n) is 3.97. The smallest absolute Gasteiger partial charge is 0.256 e. The molecule has 0 saturated carbocycles. The molecule has 0 aliphatic carbocycles. The van der Waals surface area contributed by atoms with E-state index in [2.05, 4.69) is 10.7 Å². The number of nitrogens with one attached hydrogen (secondary N) is 2. The minimum atomic E-state index is -1.19. The summed E-state index contributed by atoms with van der Waals surface area (Å²) in [6.45, 7) is 1.55. The third-order valence-electron chi connectivity index (χ3n) is 5.41. The van der Waals surface area contributed by atoms with Gasteiger partial charge in [0.1, 0.15) is 28.6 Å². The van der Waals surface area contributed by atoms with E-state index in [0.29, 0.717) is 26.2 Å². The number of benzene rings is 2. The number of primary amides is 1. The first-order valence-corrected chi connectivity index (χ1v) is 9.65. The van der Waals surface area contributed by atoms with Gasteiger partial charge in [0.25, 0.3) is 5.91 Å². The predicted molar refractivity (Wildman–Crippen MR) is 115 cm³/mol. The Hall–Kier alpha value is -3.77. The average molecular weight is 447 g/mol. The van der Waals surface area contributed by atoms with E-state index in [1.54, 1.807) is 0 Å². The highest BCUT2D eigenvalue weighted by molar-refractivity contribution is 6.06. The molecule has 0 spiro atoms. The molecular weight excluding hydrogens is 427 g/mol. The third kappa shape index (κ3) is 3.20. The van der Waals surface area contributed by atoms with Gasteiger partial charge in [-0.15, -0.1) is 0 Å². The van der Waals surface area contributed by atoms with Crippen molar-refractivity contribution in [1.29, 1.82) is 0 Å². The van der Waals surface area contributed by atoms with Crippen molar-refractivity contribution in [2.24, 2.45) is 11.6 Å². The van der Waals surface area contributed by atoms with Crippen LogP contribution in [0.2, 0.25) is 0 Å². The summed E-state index contributed by atoms with van der Waals surface area (Å²) >= 11 is 0. The van der Waals surface area contributed by atoms with E-state index in [1.807, 2.05) is 0 Å². The minimum Gasteiger partial charge on any atom is -0.384 e. The van der Waals surface area contributed by atoms with E-state index in [9.17, 15) is 14.0 Å². The Morgan fingerprint density at radius 1 is 1.06 bits per heavy atom. The molecule has 0 unspecified atom stereocenters. The maximum absolute atomic E-state index is 16.0. The first kappa shape index (κ1) is 21.5. The maximum atomic E-state index is 16.0. The highest BCUT2D eigenvalue weighted by atomic mass is 19.1. The van der Waals surface area contributed by atoms with Crippen LogP contribution in [0.1, 0.15) is 10.4 Å². The van der Waals surface area contributed by atoms with Crippen molar-refractivity contribution in [2.45, 2.75) is 0 Å². The molecule has 1 amide bonds. The van der Waals surface area contributed by atoms with Gasteiger partial charge in [-0.05, 0) is 24.3 Å². The Labute approximate surface area is 179 Å². The zero-order chi connectivity index (χ0) is 23.2. The number of pyridine rings is 1.